The monoisotopic (exact) mass is 357 g/mol. The molecule has 116 valence electrons. The van der Waals surface area contributed by atoms with Crippen molar-refractivity contribution in [2.75, 3.05) is 21.3 Å². The van der Waals surface area contributed by atoms with Gasteiger partial charge in [-0.15, -0.1) is 0 Å². The number of methoxy groups -OCH3 is 3. The summed E-state index contributed by atoms with van der Waals surface area (Å²) in [6, 6.07) is 3.49. The fraction of sp³-hybridized carbons (Fsp3) is 0.533. The minimum atomic E-state index is -0.134. The van der Waals surface area contributed by atoms with E-state index in [2.05, 4.69) is 21.2 Å². The van der Waals surface area contributed by atoms with Crippen molar-refractivity contribution in [1.29, 1.82) is 0 Å². The lowest BCUT2D eigenvalue weighted by molar-refractivity contribution is 0.0938. The standard InChI is InChI=1S/C15H20BrNO4/c1-19-12-7-9(8-13(20-2)14(12)21-3)15(18)17-11-6-4-5-10(11)16/h7-8,10-11H,4-6H2,1-3H3,(H,17,18). The molecule has 1 aliphatic carbocycles. The number of nitrogens with one attached hydrogen (secondary N) is 1. The molecule has 0 aliphatic heterocycles. The predicted octanol–water partition coefficient (Wildman–Crippen LogP) is 2.76. The van der Waals surface area contributed by atoms with Crippen molar-refractivity contribution < 1.29 is 19.0 Å². The van der Waals surface area contributed by atoms with Crippen LogP contribution in [0.15, 0.2) is 12.1 Å². The molecule has 2 unspecified atom stereocenters. The van der Waals surface area contributed by atoms with Gasteiger partial charge in [-0.2, -0.15) is 0 Å². The zero-order chi connectivity index (χ0) is 15.4. The highest BCUT2D eigenvalue weighted by molar-refractivity contribution is 9.09. The van der Waals surface area contributed by atoms with E-state index in [1.165, 1.54) is 21.3 Å². The van der Waals surface area contributed by atoms with Crippen LogP contribution in [-0.2, 0) is 0 Å². The van der Waals surface area contributed by atoms with Gasteiger partial charge in [0.15, 0.2) is 11.5 Å². The van der Waals surface area contributed by atoms with E-state index in [1.54, 1.807) is 12.1 Å². The van der Waals surface area contributed by atoms with Crippen LogP contribution in [0.25, 0.3) is 0 Å². The Morgan fingerprint density at radius 2 is 1.76 bits per heavy atom. The van der Waals surface area contributed by atoms with Crippen LogP contribution < -0.4 is 19.5 Å². The smallest absolute Gasteiger partial charge is 0.251 e. The first-order valence-electron chi connectivity index (χ1n) is 6.85. The van der Waals surface area contributed by atoms with Gasteiger partial charge >= 0.3 is 0 Å². The third-order valence-corrected chi connectivity index (χ3v) is 4.77. The second kappa shape index (κ2) is 7.02. The summed E-state index contributed by atoms with van der Waals surface area (Å²) in [5.41, 5.74) is 0.496. The third kappa shape index (κ3) is 3.43. The number of amides is 1. The van der Waals surface area contributed by atoms with Gasteiger partial charge in [-0.3, -0.25) is 4.79 Å². The topological polar surface area (TPSA) is 56.8 Å². The van der Waals surface area contributed by atoms with E-state index >= 15 is 0 Å². The van der Waals surface area contributed by atoms with Crippen LogP contribution in [0.3, 0.4) is 0 Å². The molecule has 1 aliphatic rings. The van der Waals surface area contributed by atoms with Crippen molar-refractivity contribution in [3.05, 3.63) is 17.7 Å². The van der Waals surface area contributed by atoms with Crippen molar-refractivity contribution >= 4 is 21.8 Å². The summed E-state index contributed by atoms with van der Waals surface area (Å²) in [6.45, 7) is 0. The molecule has 21 heavy (non-hydrogen) atoms. The summed E-state index contributed by atoms with van der Waals surface area (Å²) < 4.78 is 15.8. The van der Waals surface area contributed by atoms with E-state index < -0.39 is 0 Å². The highest BCUT2D eigenvalue weighted by atomic mass is 79.9. The maximum absolute atomic E-state index is 12.4. The number of alkyl halides is 1. The fourth-order valence-electron chi connectivity index (χ4n) is 2.54. The van der Waals surface area contributed by atoms with E-state index in [1.807, 2.05) is 0 Å². The first-order valence-corrected chi connectivity index (χ1v) is 7.77. The fourth-order valence-corrected chi connectivity index (χ4v) is 3.26. The predicted molar refractivity (Wildman–Crippen MR) is 83.9 cm³/mol. The van der Waals surface area contributed by atoms with E-state index in [0.717, 1.165) is 19.3 Å². The average molecular weight is 358 g/mol. The average Bonchev–Trinajstić information content (AvgIpc) is 2.90. The largest absolute Gasteiger partial charge is 0.493 e. The minimum Gasteiger partial charge on any atom is -0.493 e. The maximum Gasteiger partial charge on any atom is 0.251 e. The molecule has 1 fully saturated rings. The zero-order valence-electron chi connectivity index (χ0n) is 12.4. The lowest BCUT2D eigenvalue weighted by atomic mass is 10.1. The van der Waals surface area contributed by atoms with E-state index in [9.17, 15) is 4.79 Å². The van der Waals surface area contributed by atoms with Gasteiger partial charge in [0, 0.05) is 16.4 Å². The van der Waals surface area contributed by atoms with Crippen LogP contribution >= 0.6 is 15.9 Å². The van der Waals surface area contributed by atoms with Gasteiger partial charge in [0.1, 0.15) is 0 Å². The molecule has 1 aromatic carbocycles. The Labute approximate surface area is 133 Å². The molecule has 0 bridgehead atoms. The summed E-state index contributed by atoms with van der Waals surface area (Å²) in [6.07, 6.45) is 3.20. The first-order chi connectivity index (χ1) is 10.1. The Kier molecular flexibility index (Phi) is 5.33. The summed E-state index contributed by atoms with van der Waals surface area (Å²) in [5, 5.41) is 3.05. The van der Waals surface area contributed by atoms with Crippen molar-refractivity contribution in [2.45, 2.75) is 30.1 Å². The number of hydrogen-bond donors (Lipinski definition) is 1. The molecule has 1 amide bonds. The number of rotatable bonds is 5. The van der Waals surface area contributed by atoms with Crippen molar-refractivity contribution in [1.82, 2.24) is 5.32 Å². The number of halogens is 1. The van der Waals surface area contributed by atoms with E-state index in [-0.39, 0.29) is 11.9 Å². The molecule has 0 heterocycles. The second-order valence-electron chi connectivity index (χ2n) is 4.94. The normalized spacial score (nSPS) is 21.0. The molecule has 0 aromatic heterocycles. The van der Waals surface area contributed by atoms with E-state index in [0.29, 0.717) is 27.6 Å². The summed E-state index contributed by atoms with van der Waals surface area (Å²) in [7, 11) is 4.60. The number of hydrogen-bond acceptors (Lipinski definition) is 4. The molecule has 1 aromatic rings. The van der Waals surface area contributed by atoms with Gasteiger partial charge in [0.05, 0.1) is 21.3 Å². The van der Waals surface area contributed by atoms with Gasteiger partial charge in [0.25, 0.3) is 5.91 Å². The Hall–Kier alpha value is -1.43. The zero-order valence-corrected chi connectivity index (χ0v) is 14.0. The lowest BCUT2D eigenvalue weighted by Crippen LogP contribution is -2.37. The Morgan fingerprint density at radius 3 is 2.19 bits per heavy atom. The number of carbonyl (C=O) groups excluding carboxylic acids is 1. The van der Waals surface area contributed by atoms with Crippen LogP contribution in [0, 0.1) is 0 Å². The van der Waals surface area contributed by atoms with E-state index in [4.69, 9.17) is 14.2 Å². The quantitative estimate of drug-likeness (QED) is 0.823. The molecule has 2 atom stereocenters. The second-order valence-corrected chi connectivity index (χ2v) is 6.12. The highest BCUT2D eigenvalue weighted by Crippen LogP contribution is 2.38. The molecular formula is C15H20BrNO4. The molecule has 0 saturated heterocycles. The SMILES string of the molecule is COc1cc(C(=O)NC2CCCC2Br)cc(OC)c1OC. The number of benzene rings is 1. The third-order valence-electron chi connectivity index (χ3n) is 3.68. The van der Waals surface area contributed by atoms with Gasteiger partial charge in [0.2, 0.25) is 5.75 Å². The van der Waals surface area contributed by atoms with Crippen molar-refractivity contribution in [3.8, 4) is 17.2 Å². The van der Waals surface area contributed by atoms with Gasteiger partial charge in [-0.25, -0.2) is 0 Å². The van der Waals surface area contributed by atoms with Gasteiger partial charge in [-0.05, 0) is 25.0 Å². The first kappa shape index (κ1) is 15.9. The van der Waals surface area contributed by atoms with Crippen LogP contribution in [0.4, 0.5) is 0 Å². The van der Waals surface area contributed by atoms with Gasteiger partial charge in [-0.1, -0.05) is 22.4 Å². The molecule has 0 spiro atoms. The summed E-state index contributed by atoms with van der Waals surface area (Å²) in [5.74, 6) is 1.30. The van der Waals surface area contributed by atoms with Crippen LogP contribution in [0.2, 0.25) is 0 Å². The Bertz CT molecular complexity index is 495. The number of carbonyl (C=O) groups is 1. The van der Waals surface area contributed by atoms with Crippen molar-refractivity contribution in [3.63, 3.8) is 0 Å². The maximum atomic E-state index is 12.4. The van der Waals surface area contributed by atoms with Crippen LogP contribution in [0.1, 0.15) is 29.6 Å². The summed E-state index contributed by atoms with van der Waals surface area (Å²) >= 11 is 3.60. The van der Waals surface area contributed by atoms with Gasteiger partial charge < -0.3 is 19.5 Å². The minimum absolute atomic E-state index is 0.134. The molecular weight excluding hydrogens is 338 g/mol. The molecule has 1 N–H and O–H groups in total. The Balaban J connectivity index is 2.24. The molecule has 2 rings (SSSR count). The molecule has 1 saturated carbocycles. The highest BCUT2D eigenvalue weighted by Gasteiger charge is 2.27. The molecule has 5 nitrogen and oxygen atoms in total. The van der Waals surface area contributed by atoms with Crippen LogP contribution in [0.5, 0.6) is 17.2 Å². The number of ether oxygens (including phenoxy) is 3. The lowest BCUT2D eigenvalue weighted by Gasteiger charge is -2.18. The molecule has 0 radical (unpaired) electrons. The molecule has 6 heteroatoms. The van der Waals surface area contributed by atoms with Crippen molar-refractivity contribution in [2.24, 2.45) is 0 Å². The Morgan fingerprint density at radius 1 is 1.14 bits per heavy atom. The van der Waals surface area contributed by atoms with Crippen LogP contribution in [-0.4, -0.2) is 38.1 Å². The summed E-state index contributed by atoms with van der Waals surface area (Å²) in [4.78, 5) is 12.7.